The fourth-order valence-corrected chi connectivity index (χ4v) is 4.81. The zero-order valence-electron chi connectivity index (χ0n) is 16.0. The molecule has 0 radical (unpaired) electrons. The number of carbonyl (C=O) groups is 2. The van der Waals surface area contributed by atoms with E-state index in [1.54, 1.807) is 0 Å². The van der Waals surface area contributed by atoms with Crippen LogP contribution in [-0.2, 0) is 9.59 Å². The van der Waals surface area contributed by atoms with Gasteiger partial charge in [-0.2, -0.15) is 0 Å². The number of benzene rings is 1. The molecule has 2 saturated heterocycles. The second-order valence-electron chi connectivity index (χ2n) is 8.24. The van der Waals surface area contributed by atoms with Crippen LogP contribution in [0.15, 0.2) is 30.3 Å². The van der Waals surface area contributed by atoms with E-state index < -0.39 is 0 Å². The topological polar surface area (TPSA) is 49.9 Å². The van der Waals surface area contributed by atoms with Crippen molar-refractivity contribution in [2.24, 2.45) is 5.92 Å². The van der Waals surface area contributed by atoms with Crippen LogP contribution in [0.25, 0.3) is 0 Å². The lowest BCUT2D eigenvalue weighted by atomic mass is 10.0. The van der Waals surface area contributed by atoms with Crippen molar-refractivity contribution >= 4 is 11.8 Å². The van der Waals surface area contributed by atoms with E-state index in [0.29, 0.717) is 25.3 Å². The van der Waals surface area contributed by atoms with Gasteiger partial charge in [0, 0.05) is 25.9 Å². The fraction of sp³-hybridized carbons (Fsp3) is 0.636. The van der Waals surface area contributed by atoms with Gasteiger partial charge in [0.2, 0.25) is 11.8 Å². The average Bonchev–Trinajstić information content (AvgIpc) is 3.44. The number of nitrogens with zero attached hydrogens (tertiary/aromatic N) is 2. The normalized spacial score (nSPS) is 25.9. The molecule has 3 aliphatic rings. The molecule has 1 saturated carbocycles. The summed E-state index contributed by atoms with van der Waals surface area (Å²) in [5, 5.41) is 0. The zero-order valence-corrected chi connectivity index (χ0v) is 16.0. The quantitative estimate of drug-likeness (QED) is 0.799. The van der Waals surface area contributed by atoms with E-state index >= 15 is 0 Å². The Balaban J connectivity index is 1.46. The van der Waals surface area contributed by atoms with E-state index in [4.69, 9.17) is 4.74 Å². The van der Waals surface area contributed by atoms with Gasteiger partial charge in [-0.3, -0.25) is 9.59 Å². The Morgan fingerprint density at radius 3 is 2.41 bits per heavy atom. The molecular weight excluding hydrogens is 340 g/mol. The van der Waals surface area contributed by atoms with Crippen LogP contribution >= 0.6 is 0 Å². The van der Waals surface area contributed by atoms with Crippen molar-refractivity contribution in [3.8, 4) is 5.75 Å². The van der Waals surface area contributed by atoms with Crippen LogP contribution in [0.4, 0.5) is 0 Å². The number of rotatable bonds is 5. The van der Waals surface area contributed by atoms with Crippen molar-refractivity contribution in [1.82, 2.24) is 9.80 Å². The number of hydrogen-bond acceptors (Lipinski definition) is 3. The molecule has 3 fully saturated rings. The fourth-order valence-electron chi connectivity index (χ4n) is 4.81. The monoisotopic (exact) mass is 370 g/mol. The second-order valence-corrected chi connectivity index (χ2v) is 8.24. The van der Waals surface area contributed by atoms with Crippen LogP contribution in [0.5, 0.6) is 5.75 Å². The molecule has 2 amide bonds. The van der Waals surface area contributed by atoms with Crippen LogP contribution in [0, 0.1) is 5.92 Å². The molecule has 0 aromatic heterocycles. The summed E-state index contributed by atoms with van der Waals surface area (Å²) >= 11 is 0. The summed E-state index contributed by atoms with van der Waals surface area (Å²) in [6.07, 6.45) is 7.96. The van der Waals surface area contributed by atoms with Crippen molar-refractivity contribution in [3.05, 3.63) is 30.3 Å². The minimum atomic E-state index is -0.356. The lowest BCUT2D eigenvalue weighted by Crippen LogP contribution is -2.47. The van der Waals surface area contributed by atoms with Gasteiger partial charge in [-0.1, -0.05) is 31.0 Å². The van der Waals surface area contributed by atoms with Gasteiger partial charge < -0.3 is 14.5 Å². The maximum absolute atomic E-state index is 13.1. The van der Waals surface area contributed by atoms with Gasteiger partial charge in [0.05, 0.1) is 6.54 Å². The highest BCUT2D eigenvalue weighted by Gasteiger charge is 2.43. The molecule has 146 valence electrons. The molecule has 0 bridgehead atoms. The molecule has 27 heavy (non-hydrogen) atoms. The molecule has 1 aromatic rings. The van der Waals surface area contributed by atoms with Gasteiger partial charge in [0.15, 0.2) is 0 Å². The highest BCUT2D eigenvalue weighted by molar-refractivity contribution is 5.88. The zero-order chi connectivity index (χ0) is 18.6. The van der Waals surface area contributed by atoms with Crippen molar-refractivity contribution in [2.45, 2.75) is 63.5 Å². The molecule has 0 spiro atoms. The van der Waals surface area contributed by atoms with Crippen LogP contribution in [0.3, 0.4) is 0 Å². The first-order valence-electron chi connectivity index (χ1n) is 10.5. The first kappa shape index (κ1) is 18.3. The van der Waals surface area contributed by atoms with Crippen molar-refractivity contribution < 1.29 is 14.3 Å². The maximum Gasteiger partial charge on any atom is 0.245 e. The number of likely N-dealkylation sites (tertiary alicyclic amines) is 2. The standard InChI is InChI=1S/C22H30N2O3/c25-21(14-17-8-4-5-9-17)24-16-19(27-18-10-2-1-3-11-18)15-20(24)22(26)23-12-6-7-13-23/h1-3,10-11,17,19-20H,4-9,12-16H2. The number of hydrogen-bond donors (Lipinski definition) is 0. The number of para-hydroxylation sites is 1. The smallest absolute Gasteiger partial charge is 0.245 e. The van der Waals surface area contributed by atoms with E-state index in [9.17, 15) is 9.59 Å². The summed E-state index contributed by atoms with van der Waals surface area (Å²) in [6.45, 7) is 2.17. The lowest BCUT2D eigenvalue weighted by molar-refractivity contribution is -0.143. The highest BCUT2D eigenvalue weighted by atomic mass is 16.5. The minimum Gasteiger partial charge on any atom is -0.488 e. The van der Waals surface area contributed by atoms with E-state index in [2.05, 4.69) is 0 Å². The van der Waals surface area contributed by atoms with Gasteiger partial charge in [-0.05, 0) is 43.7 Å². The molecule has 5 nitrogen and oxygen atoms in total. The molecule has 0 N–H and O–H groups in total. The maximum atomic E-state index is 13.1. The van der Waals surface area contributed by atoms with E-state index in [1.165, 1.54) is 12.8 Å². The van der Waals surface area contributed by atoms with Gasteiger partial charge in [0.1, 0.15) is 17.9 Å². The van der Waals surface area contributed by atoms with Crippen LogP contribution in [0.2, 0.25) is 0 Å². The second kappa shape index (κ2) is 8.32. The van der Waals surface area contributed by atoms with Crippen LogP contribution < -0.4 is 4.74 Å². The van der Waals surface area contributed by atoms with Gasteiger partial charge in [0.25, 0.3) is 0 Å². The van der Waals surface area contributed by atoms with Gasteiger partial charge in [-0.15, -0.1) is 0 Å². The summed E-state index contributed by atoms with van der Waals surface area (Å²) in [5.74, 6) is 1.55. The predicted molar refractivity (Wildman–Crippen MR) is 103 cm³/mol. The van der Waals surface area contributed by atoms with Crippen LogP contribution in [-0.4, -0.2) is 53.4 Å². The first-order chi connectivity index (χ1) is 13.2. The molecule has 1 aromatic carbocycles. The van der Waals surface area contributed by atoms with E-state index in [1.807, 2.05) is 40.1 Å². The van der Waals surface area contributed by atoms with Crippen molar-refractivity contribution in [3.63, 3.8) is 0 Å². The third-order valence-electron chi connectivity index (χ3n) is 6.27. The molecule has 2 atom stereocenters. The Kier molecular flexibility index (Phi) is 5.65. The summed E-state index contributed by atoms with van der Waals surface area (Å²) in [6, 6.07) is 9.35. The Hall–Kier alpha value is -2.04. The molecular formula is C22H30N2O3. The molecule has 4 rings (SSSR count). The Morgan fingerprint density at radius 2 is 1.70 bits per heavy atom. The van der Waals surface area contributed by atoms with E-state index in [-0.39, 0.29) is 24.0 Å². The van der Waals surface area contributed by atoms with Crippen LogP contribution in [0.1, 0.15) is 51.4 Å². The third kappa shape index (κ3) is 4.28. The van der Waals surface area contributed by atoms with Gasteiger partial charge >= 0.3 is 0 Å². The third-order valence-corrected chi connectivity index (χ3v) is 6.27. The molecule has 2 aliphatic heterocycles. The minimum absolute atomic E-state index is 0.114. The predicted octanol–water partition coefficient (Wildman–Crippen LogP) is 3.24. The van der Waals surface area contributed by atoms with Gasteiger partial charge in [-0.25, -0.2) is 0 Å². The SMILES string of the molecule is O=C(C1CC(Oc2ccccc2)CN1C(=O)CC1CCCC1)N1CCCC1. The molecule has 5 heteroatoms. The van der Waals surface area contributed by atoms with Crippen molar-refractivity contribution in [2.75, 3.05) is 19.6 Å². The van der Waals surface area contributed by atoms with E-state index in [0.717, 1.165) is 44.5 Å². The number of carbonyl (C=O) groups excluding carboxylic acids is 2. The Labute approximate surface area is 161 Å². The number of amides is 2. The molecule has 1 aliphatic carbocycles. The lowest BCUT2D eigenvalue weighted by Gasteiger charge is -2.28. The van der Waals surface area contributed by atoms with Crippen molar-refractivity contribution in [1.29, 1.82) is 0 Å². The summed E-state index contributed by atoms with van der Waals surface area (Å²) in [4.78, 5) is 29.9. The molecule has 2 heterocycles. The summed E-state index contributed by atoms with van der Waals surface area (Å²) in [5.41, 5.74) is 0. The Morgan fingerprint density at radius 1 is 1.00 bits per heavy atom. The molecule has 2 unspecified atom stereocenters. The largest absolute Gasteiger partial charge is 0.488 e. The Bertz CT molecular complexity index is 651. The first-order valence-corrected chi connectivity index (χ1v) is 10.5. The summed E-state index contributed by atoms with van der Waals surface area (Å²) in [7, 11) is 0. The number of ether oxygens (including phenoxy) is 1. The summed E-state index contributed by atoms with van der Waals surface area (Å²) < 4.78 is 6.10. The highest BCUT2D eigenvalue weighted by Crippen LogP contribution is 2.31. The average molecular weight is 370 g/mol.